The minimum Gasteiger partial charge on any atom is -0.299 e. The SMILES string of the molecule is C[C@@H]1CC[C@H]2C(C)(C)CC(=O)[C@@]2(C)CCC1=O. The topological polar surface area (TPSA) is 34.1 Å². The molecule has 0 radical (unpaired) electrons. The zero-order valence-electron chi connectivity index (χ0n) is 11.5. The van der Waals surface area contributed by atoms with Crippen LogP contribution in [-0.2, 0) is 9.59 Å². The van der Waals surface area contributed by atoms with Crippen molar-refractivity contribution >= 4 is 11.6 Å². The fraction of sp³-hybridized carbons (Fsp3) is 0.867. The molecule has 0 spiro atoms. The lowest BCUT2D eigenvalue weighted by atomic mass is 9.64. The Labute approximate surface area is 104 Å². The zero-order valence-corrected chi connectivity index (χ0v) is 11.5. The third-order valence-corrected chi connectivity index (χ3v) is 5.29. The van der Waals surface area contributed by atoms with Gasteiger partial charge in [0.25, 0.3) is 0 Å². The molecule has 17 heavy (non-hydrogen) atoms. The van der Waals surface area contributed by atoms with Gasteiger partial charge >= 0.3 is 0 Å². The molecule has 2 fully saturated rings. The van der Waals surface area contributed by atoms with E-state index in [2.05, 4.69) is 20.8 Å². The van der Waals surface area contributed by atoms with E-state index in [1.165, 1.54) is 0 Å². The molecule has 0 heterocycles. The molecule has 2 nitrogen and oxygen atoms in total. The van der Waals surface area contributed by atoms with E-state index in [0.29, 0.717) is 30.3 Å². The predicted octanol–water partition coefficient (Wildman–Crippen LogP) is 3.39. The molecule has 2 heteroatoms. The Morgan fingerprint density at radius 3 is 2.41 bits per heavy atom. The molecule has 0 aromatic carbocycles. The molecule has 2 rings (SSSR count). The largest absolute Gasteiger partial charge is 0.299 e. The molecule has 0 unspecified atom stereocenters. The van der Waals surface area contributed by atoms with Crippen molar-refractivity contribution in [2.24, 2.45) is 22.7 Å². The van der Waals surface area contributed by atoms with Crippen LogP contribution < -0.4 is 0 Å². The lowest BCUT2D eigenvalue weighted by molar-refractivity contribution is -0.129. The van der Waals surface area contributed by atoms with Gasteiger partial charge in [-0.05, 0) is 30.6 Å². The van der Waals surface area contributed by atoms with Gasteiger partial charge in [-0.1, -0.05) is 27.7 Å². The van der Waals surface area contributed by atoms with E-state index in [-0.39, 0.29) is 16.7 Å². The lowest BCUT2D eigenvalue weighted by Gasteiger charge is -2.38. The normalized spacial score (nSPS) is 41.9. The molecule has 0 bridgehead atoms. The number of carbonyl (C=O) groups is 2. The van der Waals surface area contributed by atoms with Crippen LogP contribution in [0.2, 0.25) is 0 Å². The zero-order chi connectivity index (χ0) is 12.8. The van der Waals surface area contributed by atoms with E-state index in [1.807, 2.05) is 6.92 Å². The van der Waals surface area contributed by atoms with Crippen molar-refractivity contribution in [2.45, 2.75) is 59.8 Å². The third-order valence-electron chi connectivity index (χ3n) is 5.29. The summed E-state index contributed by atoms with van der Waals surface area (Å²) in [6.07, 6.45) is 4.04. The third kappa shape index (κ3) is 1.96. The fourth-order valence-corrected chi connectivity index (χ4v) is 4.03. The van der Waals surface area contributed by atoms with Gasteiger partial charge in [0.05, 0.1) is 0 Å². The van der Waals surface area contributed by atoms with E-state index in [0.717, 1.165) is 19.3 Å². The Hall–Kier alpha value is -0.660. The van der Waals surface area contributed by atoms with E-state index < -0.39 is 0 Å². The van der Waals surface area contributed by atoms with Gasteiger partial charge in [0.15, 0.2) is 0 Å². The van der Waals surface area contributed by atoms with Crippen LogP contribution in [0.5, 0.6) is 0 Å². The highest BCUT2D eigenvalue weighted by atomic mass is 16.1. The van der Waals surface area contributed by atoms with Crippen molar-refractivity contribution < 1.29 is 9.59 Å². The van der Waals surface area contributed by atoms with Crippen LogP contribution >= 0.6 is 0 Å². The van der Waals surface area contributed by atoms with E-state index in [4.69, 9.17) is 0 Å². The maximum absolute atomic E-state index is 12.3. The first-order chi connectivity index (χ1) is 7.77. The van der Waals surface area contributed by atoms with Crippen LogP contribution in [-0.4, -0.2) is 11.6 Å². The van der Waals surface area contributed by atoms with E-state index in [9.17, 15) is 9.59 Å². The summed E-state index contributed by atoms with van der Waals surface area (Å²) in [4.78, 5) is 24.1. The number of hydrogen-bond acceptors (Lipinski definition) is 2. The first-order valence-electron chi connectivity index (χ1n) is 6.83. The van der Waals surface area contributed by atoms with Crippen molar-refractivity contribution in [3.63, 3.8) is 0 Å². The minimum atomic E-state index is -0.237. The molecule has 0 aromatic heterocycles. The molecule has 0 amide bonds. The summed E-state index contributed by atoms with van der Waals surface area (Å²) in [7, 11) is 0. The number of Topliss-reactive ketones (excluding diaryl/α,β-unsaturated/α-hetero) is 2. The van der Waals surface area contributed by atoms with Gasteiger partial charge < -0.3 is 0 Å². The highest BCUT2D eigenvalue weighted by molar-refractivity contribution is 5.89. The summed E-state index contributed by atoms with van der Waals surface area (Å²) in [6, 6.07) is 0. The second-order valence-electron chi connectivity index (χ2n) is 7.00. The van der Waals surface area contributed by atoms with Gasteiger partial charge in [-0.3, -0.25) is 9.59 Å². The fourth-order valence-electron chi connectivity index (χ4n) is 4.03. The summed E-state index contributed by atoms with van der Waals surface area (Å²) in [5, 5.41) is 0. The number of fused-ring (bicyclic) bond motifs is 1. The summed E-state index contributed by atoms with van der Waals surface area (Å²) in [6.45, 7) is 8.57. The van der Waals surface area contributed by atoms with Gasteiger partial charge in [-0.2, -0.15) is 0 Å². The van der Waals surface area contributed by atoms with Gasteiger partial charge in [-0.15, -0.1) is 0 Å². The van der Waals surface area contributed by atoms with Crippen LogP contribution in [0.25, 0.3) is 0 Å². The van der Waals surface area contributed by atoms with Gasteiger partial charge in [0.2, 0.25) is 0 Å². The number of ketones is 2. The van der Waals surface area contributed by atoms with Gasteiger partial charge in [-0.25, -0.2) is 0 Å². The molecule has 96 valence electrons. The van der Waals surface area contributed by atoms with Crippen LogP contribution in [0.1, 0.15) is 59.8 Å². The molecular formula is C15H24O2. The molecule has 2 aliphatic carbocycles. The summed E-state index contributed by atoms with van der Waals surface area (Å²) < 4.78 is 0. The molecule has 0 saturated heterocycles. The Bertz CT molecular complexity index is 356. The van der Waals surface area contributed by atoms with E-state index in [1.54, 1.807) is 0 Å². The number of hydrogen-bond donors (Lipinski definition) is 0. The first kappa shape index (κ1) is 12.8. The second-order valence-corrected chi connectivity index (χ2v) is 7.00. The summed E-state index contributed by atoms with van der Waals surface area (Å²) in [5.41, 5.74) is -0.120. The Morgan fingerprint density at radius 1 is 1.12 bits per heavy atom. The van der Waals surface area contributed by atoms with Gasteiger partial charge in [0, 0.05) is 24.2 Å². The maximum Gasteiger partial charge on any atom is 0.139 e. The van der Waals surface area contributed by atoms with Crippen molar-refractivity contribution in [1.82, 2.24) is 0 Å². The minimum absolute atomic E-state index is 0.117. The van der Waals surface area contributed by atoms with Crippen LogP contribution in [0.4, 0.5) is 0 Å². The van der Waals surface area contributed by atoms with Crippen LogP contribution in [0, 0.1) is 22.7 Å². The molecule has 0 aliphatic heterocycles. The maximum atomic E-state index is 12.3. The molecule has 2 saturated carbocycles. The van der Waals surface area contributed by atoms with Crippen molar-refractivity contribution in [3.8, 4) is 0 Å². The van der Waals surface area contributed by atoms with Crippen molar-refractivity contribution in [2.75, 3.05) is 0 Å². The molecule has 2 aliphatic rings. The Morgan fingerprint density at radius 2 is 1.76 bits per heavy atom. The summed E-state index contributed by atoms with van der Waals surface area (Å²) >= 11 is 0. The smallest absolute Gasteiger partial charge is 0.139 e. The van der Waals surface area contributed by atoms with Crippen molar-refractivity contribution in [3.05, 3.63) is 0 Å². The van der Waals surface area contributed by atoms with E-state index >= 15 is 0 Å². The van der Waals surface area contributed by atoms with Crippen molar-refractivity contribution in [1.29, 1.82) is 0 Å². The highest BCUT2D eigenvalue weighted by Crippen LogP contribution is 2.56. The molecular weight excluding hydrogens is 212 g/mol. The molecule has 0 aromatic rings. The second kappa shape index (κ2) is 3.93. The summed E-state index contributed by atoms with van der Waals surface area (Å²) in [5.74, 6) is 1.38. The molecule has 3 atom stereocenters. The average molecular weight is 236 g/mol. The quantitative estimate of drug-likeness (QED) is 0.646. The number of carbonyl (C=O) groups excluding carboxylic acids is 2. The van der Waals surface area contributed by atoms with Crippen LogP contribution in [0.15, 0.2) is 0 Å². The lowest BCUT2D eigenvalue weighted by Crippen LogP contribution is -2.36. The number of rotatable bonds is 0. The molecule has 0 N–H and O–H groups in total. The first-order valence-corrected chi connectivity index (χ1v) is 6.83. The predicted molar refractivity (Wildman–Crippen MR) is 67.6 cm³/mol. The van der Waals surface area contributed by atoms with Crippen LogP contribution in [0.3, 0.4) is 0 Å². The van der Waals surface area contributed by atoms with Gasteiger partial charge in [0.1, 0.15) is 11.6 Å². The average Bonchev–Trinajstić information content (AvgIpc) is 2.38. The Kier molecular flexibility index (Phi) is 2.95. The monoisotopic (exact) mass is 236 g/mol. The highest BCUT2D eigenvalue weighted by Gasteiger charge is 2.55. The standard InChI is InChI=1S/C15H24O2/c1-10-5-6-12-14(2,3)9-13(17)15(12,4)8-7-11(10)16/h10,12H,5-9H2,1-4H3/t10-,12+,15+/m1/s1. The Balaban J connectivity index is 2.30.